The van der Waals surface area contributed by atoms with E-state index < -0.39 is 5.82 Å². The molecule has 0 saturated carbocycles. The van der Waals surface area contributed by atoms with E-state index in [1.54, 1.807) is 12.1 Å². The number of H-pyrrole nitrogens is 1. The molecule has 0 unspecified atom stereocenters. The van der Waals surface area contributed by atoms with Crippen LogP contribution in [0.25, 0.3) is 0 Å². The molecule has 0 atom stereocenters. The van der Waals surface area contributed by atoms with Gasteiger partial charge in [-0.2, -0.15) is 5.10 Å². The van der Waals surface area contributed by atoms with Gasteiger partial charge < -0.3 is 10.4 Å². The zero-order valence-corrected chi connectivity index (χ0v) is 12.0. The van der Waals surface area contributed by atoms with Crippen molar-refractivity contribution >= 4 is 5.91 Å². The summed E-state index contributed by atoms with van der Waals surface area (Å²) in [7, 11) is 0. The lowest BCUT2D eigenvalue weighted by Gasteiger charge is -2.06. The molecule has 0 aliphatic heterocycles. The molecule has 0 saturated heterocycles. The van der Waals surface area contributed by atoms with Crippen molar-refractivity contribution in [3.8, 4) is 0 Å². The highest BCUT2D eigenvalue weighted by atomic mass is 19.1. The molecule has 21 heavy (non-hydrogen) atoms. The van der Waals surface area contributed by atoms with Crippen molar-refractivity contribution in [3.63, 3.8) is 0 Å². The van der Waals surface area contributed by atoms with Gasteiger partial charge in [-0.15, -0.1) is 0 Å². The minimum Gasteiger partial charge on any atom is -0.392 e. The Morgan fingerprint density at radius 2 is 2.19 bits per heavy atom. The summed E-state index contributed by atoms with van der Waals surface area (Å²) in [6.45, 7) is 3.88. The van der Waals surface area contributed by atoms with E-state index in [0.717, 1.165) is 5.69 Å². The minimum absolute atomic E-state index is 0.212. The van der Waals surface area contributed by atoms with Crippen molar-refractivity contribution in [3.05, 3.63) is 52.6 Å². The number of hydrogen-bond donors (Lipinski definition) is 3. The number of aromatic amines is 1. The standard InChI is InChI=1S/C15H18FN3O2/c1-9(2)13-6-14(19-18-13)15(21)17-7-10-3-4-12(16)11(5-10)8-20/h3-6,9,20H,7-8H2,1-2H3,(H,17,21)(H,18,19). The maximum atomic E-state index is 13.3. The van der Waals surface area contributed by atoms with Crippen LogP contribution in [0.4, 0.5) is 4.39 Å². The van der Waals surface area contributed by atoms with Crippen molar-refractivity contribution in [1.29, 1.82) is 0 Å². The highest BCUT2D eigenvalue weighted by Crippen LogP contribution is 2.13. The second-order valence-electron chi connectivity index (χ2n) is 5.13. The molecular weight excluding hydrogens is 273 g/mol. The Labute approximate surface area is 122 Å². The molecular formula is C15H18FN3O2. The summed E-state index contributed by atoms with van der Waals surface area (Å²) >= 11 is 0. The molecule has 0 aliphatic rings. The maximum absolute atomic E-state index is 13.3. The van der Waals surface area contributed by atoms with E-state index in [1.165, 1.54) is 12.1 Å². The molecule has 6 heteroatoms. The molecule has 2 rings (SSSR count). The fraction of sp³-hybridized carbons (Fsp3) is 0.333. The lowest BCUT2D eigenvalue weighted by Crippen LogP contribution is -2.23. The minimum atomic E-state index is -0.457. The van der Waals surface area contributed by atoms with Gasteiger partial charge in [-0.05, 0) is 29.7 Å². The first kappa shape index (κ1) is 15.2. The first-order chi connectivity index (χ1) is 10.0. The van der Waals surface area contributed by atoms with Crippen LogP contribution in [0, 0.1) is 5.82 Å². The molecule has 5 nitrogen and oxygen atoms in total. The summed E-state index contributed by atoms with van der Waals surface area (Å²) in [4.78, 5) is 12.0. The number of nitrogens with zero attached hydrogens (tertiary/aromatic N) is 1. The SMILES string of the molecule is CC(C)c1cc(C(=O)NCc2ccc(F)c(CO)c2)n[nH]1. The van der Waals surface area contributed by atoms with E-state index in [0.29, 0.717) is 11.3 Å². The Balaban J connectivity index is 2.00. The monoisotopic (exact) mass is 291 g/mol. The lowest BCUT2D eigenvalue weighted by molar-refractivity contribution is 0.0946. The lowest BCUT2D eigenvalue weighted by atomic mass is 10.1. The van der Waals surface area contributed by atoms with Gasteiger partial charge in [-0.3, -0.25) is 9.89 Å². The molecule has 112 valence electrons. The number of carbonyl (C=O) groups excluding carboxylic acids is 1. The summed E-state index contributed by atoms with van der Waals surface area (Å²) in [6, 6.07) is 6.08. The fourth-order valence-electron chi connectivity index (χ4n) is 1.88. The van der Waals surface area contributed by atoms with Gasteiger partial charge in [0.25, 0.3) is 5.91 Å². The van der Waals surface area contributed by atoms with E-state index in [2.05, 4.69) is 15.5 Å². The number of aromatic nitrogens is 2. The van der Waals surface area contributed by atoms with Crippen molar-refractivity contribution in [2.24, 2.45) is 0 Å². The van der Waals surface area contributed by atoms with E-state index in [-0.39, 0.29) is 30.5 Å². The summed E-state index contributed by atoms with van der Waals surface area (Å²) in [6.07, 6.45) is 0. The van der Waals surface area contributed by atoms with Crippen molar-refractivity contribution in [2.75, 3.05) is 0 Å². The third-order valence-electron chi connectivity index (χ3n) is 3.19. The average molecular weight is 291 g/mol. The molecule has 0 radical (unpaired) electrons. The van der Waals surface area contributed by atoms with Gasteiger partial charge in [-0.1, -0.05) is 19.9 Å². The van der Waals surface area contributed by atoms with Gasteiger partial charge in [-0.25, -0.2) is 4.39 Å². The first-order valence-corrected chi connectivity index (χ1v) is 6.73. The maximum Gasteiger partial charge on any atom is 0.272 e. The van der Waals surface area contributed by atoms with Crippen LogP contribution >= 0.6 is 0 Å². The van der Waals surface area contributed by atoms with Crippen LogP contribution in [-0.4, -0.2) is 21.2 Å². The third kappa shape index (κ3) is 3.66. The van der Waals surface area contributed by atoms with Crippen molar-refractivity contribution < 1.29 is 14.3 Å². The fourth-order valence-corrected chi connectivity index (χ4v) is 1.88. The molecule has 1 aromatic carbocycles. The Bertz CT molecular complexity index is 638. The van der Waals surface area contributed by atoms with E-state index in [9.17, 15) is 9.18 Å². The molecule has 0 fully saturated rings. The summed E-state index contributed by atoms with van der Waals surface area (Å²) in [5.74, 6) is -0.488. The normalized spacial score (nSPS) is 10.9. The first-order valence-electron chi connectivity index (χ1n) is 6.73. The number of benzene rings is 1. The topological polar surface area (TPSA) is 78.0 Å². The Morgan fingerprint density at radius 3 is 2.81 bits per heavy atom. The Kier molecular flexibility index (Phi) is 4.70. The van der Waals surface area contributed by atoms with Crippen LogP contribution in [0.15, 0.2) is 24.3 Å². The van der Waals surface area contributed by atoms with Crippen molar-refractivity contribution in [1.82, 2.24) is 15.5 Å². The number of nitrogens with one attached hydrogen (secondary N) is 2. The predicted molar refractivity (Wildman–Crippen MR) is 76.2 cm³/mol. The van der Waals surface area contributed by atoms with Crippen LogP contribution in [0.1, 0.15) is 47.1 Å². The average Bonchev–Trinajstić information content (AvgIpc) is 2.96. The van der Waals surface area contributed by atoms with E-state index in [4.69, 9.17) is 5.11 Å². The van der Waals surface area contributed by atoms with Gasteiger partial charge in [0.2, 0.25) is 0 Å². The van der Waals surface area contributed by atoms with Crippen LogP contribution < -0.4 is 5.32 Å². The van der Waals surface area contributed by atoms with Gasteiger partial charge in [0.05, 0.1) is 6.61 Å². The molecule has 1 aromatic heterocycles. The molecule has 0 aliphatic carbocycles. The predicted octanol–water partition coefficient (Wildman–Crippen LogP) is 2.09. The van der Waals surface area contributed by atoms with Crippen LogP contribution in [0.3, 0.4) is 0 Å². The van der Waals surface area contributed by atoms with Crippen molar-refractivity contribution in [2.45, 2.75) is 32.9 Å². The largest absolute Gasteiger partial charge is 0.392 e. The summed E-state index contributed by atoms with van der Waals surface area (Å²) in [5, 5.41) is 18.5. The Hall–Kier alpha value is -2.21. The second-order valence-corrected chi connectivity index (χ2v) is 5.13. The van der Waals surface area contributed by atoms with Gasteiger partial charge in [0, 0.05) is 17.8 Å². The quantitative estimate of drug-likeness (QED) is 0.789. The number of halogens is 1. The molecule has 0 spiro atoms. The Morgan fingerprint density at radius 1 is 1.43 bits per heavy atom. The van der Waals surface area contributed by atoms with Gasteiger partial charge >= 0.3 is 0 Å². The number of rotatable bonds is 5. The van der Waals surface area contributed by atoms with Gasteiger partial charge in [0.1, 0.15) is 11.5 Å². The molecule has 1 heterocycles. The number of amides is 1. The molecule has 2 aromatic rings. The van der Waals surface area contributed by atoms with E-state index >= 15 is 0 Å². The number of hydrogen-bond acceptors (Lipinski definition) is 3. The zero-order valence-electron chi connectivity index (χ0n) is 12.0. The van der Waals surface area contributed by atoms with Gasteiger partial charge in [0.15, 0.2) is 0 Å². The second kappa shape index (κ2) is 6.49. The number of aliphatic hydroxyl groups is 1. The number of carbonyl (C=O) groups is 1. The molecule has 3 N–H and O–H groups in total. The zero-order chi connectivity index (χ0) is 15.4. The highest BCUT2D eigenvalue weighted by molar-refractivity contribution is 5.92. The summed E-state index contributed by atoms with van der Waals surface area (Å²) in [5.41, 5.74) is 2.14. The smallest absolute Gasteiger partial charge is 0.272 e. The molecule has 0 bridgehead atoms. The molecule has 1 amide bonds. The number of aliphatic hydroxyl groups excluding tert-OH is 1. The van der Waals surface area contributed by atoms with Crippen LogP contribution in [0.5, 0.6) is 0 Å². The summed E-state index contributed by atoms with van der Waals surface area (Å²) < 4.78 is 13.3. The van der Waals surface area contributed by atoms with Crippen LogP contribution in [0.2, 0.25) is 0 Å². The van der Waals surface area contributed by atoms with Crippen LogP contribution in [-0.2, 0) is 13.2 Å². The van der Waals surface area contributed by atoms with E-state index in [1.807, 2.05) is 13.8 Å². The third-order valence-corrected chi connectivity index (χ3v) is 3.19. The highest BCUT2D eigenvalue weighted by Gasteiger charge is 2.12.